The van der Waals surface area contributed by atoms with Gasteiger partial charge in [-0.2, -0.15) is 5.10 Å². The van der Waals surface area contributed by atoms with E-state index in [1.54, 1.807) is 6.20 Å². The van der Waals surface area contributed by atoms with E-state index in [0.717, 1.165) is 47.7 Å². The zero-order valence-corrected chi connectivity index (χ0v) is 17.3. The second-order valence-corrected chi connectivity index (χ2v) is 8.73. The first-order valence-corrected chi connectivity index (χ1v) is 11.2. The summed E-state index contributed by atoms with van der Waals surface area (Å²) in [6, 6.07) is 10.3. The minimum Gasteiger partial charge on any atom is -0.385 e. The normalized spacial score (nSPS) is 17.6. The van der Waals surface area contributed by atoms with Crippen LogP contribution in [0.5, 0.6) is 0 Å². The Bertz CT molecular complexity index is 1010. The highest BCUT2D eigenvalue weighted by Crippen LogP contribution is 2.31. The molecule has 0 spiro atoms. The average molecular weight is 404 g/mol. The van der Waals surface area contributed by atoms with Crippen molar-refractivity contribution in [2.45, 2.75) is 57.4 Å². The third-order valence-corrected chi connectivity index (χ3v) is 6.58. The van der Waals surface area contributed by atoms with Gasteiger partial charge in [-0.25, -0.2) is 9.67 Å². The van der Waals surface area contributed by atoms with Gasteiger partial charge in [0.2, 0.25) is 0 Å². The van der Waals surface area contributed by atoms with Crippen molar-refractivity contribution in [3.8, 4) is 0 Å². The molecule has 156 valence electrons. The lowest BCUT2D eigenvalue weighted by Gasteiger charge is -2.12. The highest BCUT2D eigenvalue weighted by atomic mass is 16.1. The van der Waals surface area contributed by atoms with Gasteiger partial charge < -0.3 is 10.6 Å². The number of pyridine rings is 1. The van der Waals surface area contributed by atoms with E-state index >= 15 is 0 Å². The summed E-state index contributed by atoms with van der Waals surface area (Å²) in [5.74, 6) is 0.648. The fourth-order valence-electron chi connectivity index (χ4n) is 4.83. The van der Waals surface area contributed by atoms with Gasteiger partial charge >= 0.3 is 0 Å². The number of aromatic nitrogens is 3. The zero-order chi connectivity index (χ0) is 20.3. The number of hydrogen-bond acceptors (Lipinski definition) is 4. The number of amides is 1. The minimum atomic E-state index is -0.148. The van der Waals surface area contributed by atoms with Crippen LogP contribution in [-0.4, -0.2) is 27.2 Å². The first-order chi connectivity index (χ1) is 14.8. The zero-order valence-electron chi connectivity index (χ0n) is 17.3. The van der Waals surface area contributed by atoms with E-state index in [4.69, 9.17) is 0 Å². The number of fused-ring (bicyclic) bond motifs is 1. The summed E-state index contributed by atoms with van der Waals surface area (Å²) in [6.07, 6.45) is 13.7. The van der Waals surface area contributed by atoms with Gasteiger partial charge in [0.25, 0.3) is 5.91 Å². The maximum absolute atomic E-state index is 12.7. The third kappa shape index (κ3) is 4.04. The second-order valence-electron chi connectivity index (χ2n) is 8.73. The molecule has 2 saturated carbocycles. The number of carbonyl (C=O) groups excluding carboxylic acids is 1. The van der Waals surface area contributed by atoms with Crippen LogP contribution >= 0.6 is 0 Å². The summed E-state index contributed by atoms with van der Waals surface area (Å²) in [5.41, 5.74) is 3.31. The van der Waals surface area contributed by atoms with Crippen LogP contribution < -0.4 is 10.6 Å². The topological polar surface area (TPSA) is 71.8 Å². The lowest BCUT2D eigenvalue weighted by atomic mass is 10.1. The lowest BCUT2D eigenvalue weighted by molar-refractivity contribution is 0.102. The van der Waals surface area contributed by atoms with Crippen molar-refractivity contribution in [2.75, 3.05) is 17.2 Å². The summed E-state index contributed by atoms with van der Waals surface area (Å²) >= 11 is 0. The minimum absolute atomic E-state index is 0.148. The van der Waals surface area contributed by atoms with Crippen LogP contribution in [-0.2, 0) is 0 Å². The van der Waals surface area contributed by atoms with E-state index < -0.39 is 0 Å². The van der Waals surface area contributed by atoms with Crippen LogP contribution in [0.2, 0.25) is 0 Å². The van der Waals surface area contributed by atoms with Crippen LogP contribution in [0.4, 0.5) is 11.4 Å². The molecule has 5 rings (SSSR count). The summed E-state index contributed by atoms with van der Waals surface area (Å²) < 4.78 is 2.03. The fourth-order valence-corrected chi connectivity index (χ4v) is 4.83. The number of rotatable bonds is 6. The molecule has 6 heteroatoms. The smallest absolute Gasteiger partial charge is 0.257 e. The Morgan fingerprint density at radius 1 is 0.967 bits per heavy atom. The molecule has 1 aromatic carbocycles. The molecule has 0 radical (unpaired) electrons. The molecule has 6 nitrogen and oxygen atoms in total. The van der Waals surface area contributed by atoms with Gasteiger partial charge in [0, 0.05) is 29.5 Å². The van der Waals surface area contributed by atoms with E-state index in [-0.39, 0.29) is 5.91 Å². The summed E-state index contributed by atoms with van der Waals surface area (Å²) in [6.45, 7) is 1.03. The van der Waals surface area contributed by atoms with E-state index in [1.165, 1.54) is 38.5 Å². The molecule has 30 heavy (non-hydrogen) atoms. The summed E-state index contributed by atoms with van der Waals surface area (Å²) in [5, 5.41) is 11.9. The van der Waals surface area contributed by atoms with E-state index in [0.29, 0.717) is 11.6 Å². The van der Waals surface area contributed by atoms with Gasteiger partial charge in [-0.15, -0.1) is 0 Å². The first-order valence-electron chi connectivity index (χ1n) is 11.2. The molecule has 3 aromatic rings. The molecule has 2 aliphatic carbocycles. The second kappa shape index (κ2) is 8.46. The Kier molecular flexibility index (Phi) is 5.39. The van der Waals surface area contributed by atoms with Crippen molar-refractivity contribution < 1.29 is 4.79 Å². The first kappa shape index (κ1) is 19.1. The maximum atomic E-state index is 12.7. The predicted octanol–water partition coefficient (Wildman–Crippen LogP) is 5.40. The summed E-state index contributed by atoms with van der Waals surface area (Å²) in [4.78, 5) is 17.3. The molecule has 0 aliphatic heterocycles. The van der Waals surface area contributed by atoms with Crippen LogP contribution in [0.1, 0.15) is 67.8 Å². The predicted molar refractivity (Wildman–Crippen MR) is 120 cm³/mol. The van der Waals surface area contributed by atoms with Crippen molar-refractivity contribution >= 4 is 28.3 Å². The Labute approximate surface area is 177 Å². The molecule has 0 saturated heterocycles. The average Bonchev–Trinajstić information content (AvgIpc) is 3.54. The van der Waals surface area contributed by atoms with E-state index in [9.17, 15) is 4.79 Å². The van der Waals surface area contributed by atoms with Crippen molar-refractivity contribution in [3.63, 3.8) is 0 Å². The molecule has 2 heterocycles. The summed E-state index contributed by atoms with van der Waals surface area (Å²) in [7, 11) is 0. The quantitative estimate of drug-likeness (QED) is 0.578. The van der Waals surface area contributed by atoms with E-state index in [2.05, 4.69) is 20.7 Å². The van der Waals surface area contributed by atoms with E-state index in [1.807, 2.05) is 41.2 Å². The fraction of sp³-hybridized carbons (Fsp3) is 0.458. The largest absolute Gasteiger partial charge is 0.385 e. The maximum Gasteiger partial charge on any atom is 0.257 e. The highest BCUT2D eigenvalue weighted by molar-refractivity contribution is 6.05. The van der Waals surface area contributed by atoms with Crippen molar-refractivity contribution in [1.29, 1.82) is 0 Å². The van der Waals surface area contributed by atoms with Crippen LogP contribution in [0.3, 0.4) is 0 Å². The van der Waals surface area contributed by atoms with Gasteiger partial charge in [-0.05, 0) is 61.9 Å². The van der Waals surface area contributed by atoms with Gasteiger partial charge in [-0.1, -0.05) is 25.7 Å². The van der Waals surface area contributed by atoms with Crippen LogP contribution in [0.25, 0.3) is 11.0 Å². The molecule has 2 fully saturated rings. The number of carbonyl (C=O) groups is 1. The van der Waals surface area contributed by atoms with Gasteiger partial charge in [0.05, 0.1) is 17.8 Å². The molecular formula is C24H29N5O. The van der Waals surface area contributed by atoms with Crippen LogP contribution in [0, 0.1) is 5.92 Å². The molecule has 1 amide bonds. The Morgan fingerprint density at radius 3 is 2.43 bits per heavy atom. The standard InChI is InChI=1S/C24H29N5O/c30-24(28-21-11-9-20(10-12-21)25-14-17-5-1-2-6-17)19-13-18-16-27-29(23(18)26-15-19)22-7-3-4-8-22/h9-13,15-17,22,25H,1-8,14H2,(H,28,30). The molecule has 2 aromatic heterocycles. The van der Waals surface area contributed by atoms with Crippen molar-refractivity contribution in [1.82, 2.24) is 14.8 Å². The number of hydrogen-bond donors (Lipinski definition) is 2. The highest BCUT2D eigenvalue weighted by Gasteiger charge is 2.20. The van der Waals surface area contributed by atoms with Crippen molar-refractivity contribution in [2.24, 2.45) is 5.92 Å². The Hall–Kier alpha value is -2.89. The SMILES string of the molecule is O=C(Nc1ccc(NCC2CCCC2)cc1)c1cnc2c(cnn2C2CCCC2)c1. The molecule has 2 N–H and O–H groups in total. The lowest BCUT2D eigenvalue weighted by Crippen LogP contribution is -2.13. The Morgan fingerprint density at radius 2 is 1.67 bits per heavy atom. The van der Waals surface area contributed by atoms with Crippen LogP contribution in [0.15, 0.2) is 42.7 Å². The Balaban J connectivity index is 1.22. The number of nitrogens with zero attached hydrogens (tertiary/aromatic N) is 3. The van der Waals surface area contributed by atoms with Crippen molar-refractivity contribution in [3.05, 3.63) is 48.3 Å². The monoisotopic (exact) mass is 403 g/mol. The molecular weight excluding hydrogens is 374 g/mol. The number of anilines is 2. The number of nitrogens with one attached hydrogen (secondary N) is 2. The third-order valence-electron chi connectivity index (χ3n) is 6.58. The number of benzene rings is 1. The van der Waals surface area contributed by atoms with Gasteiger partial charge in [0.1, 0.15) is 0 Å². The molecule has 0 atom stereocenters. The van der Waals surface area contributed by atoms with Gasteiger partial charge in [-0.3, -0.25) is 4.79 Å². The molecule has 0 bridgehead atoms. The van der Waals surface area contributed by atoms with Gasteiger partial charge in [0.15, 0.2) is 5.65 Å². The molecule has 2 aliphatic rings. The molecule has 0 unspecified atom stereocenters.